The first kappa shape index (κ1) is 17.7. The fraction of sp³-hybridized carbons (Fsp3) is 0.280. The Labute approximate surface area is 169 Å². The highest BCUT2D eigenvalue weighted by atomic mass is 32.1. The van der Waals surface area contributed by atoms with Gasteiger partial charge < -0.3 is 4.90 Å². The fourth-order valence-electron chi connectivity index (χ4n) is 4.72. The molecule has 4 aromatic rings. The van der Waals surface area contributed by atoms with E-state index in [-0.39, 0.29) is 5.82 Å². The monoisotopic (exact) mass is 389 g/mol. The molecule has 1 aliphatic carbocycles. The summed E-state index contributed by atoms with van der Waals surface area (Å²) in [4.78, 5) is 2.31. The first-order valence-electron chi connectivity index (χ1n) is 10.2. The second-order valence-electron chi connectivity index (χ2n) is 7.83. The third-order valence-corrected chi connectivity index (χ3v) is 7.41. The molecule has 142 valence electrons. The van der Waals surface area contributed by atoms with E-state index in [2.05, 4.69) is 54.4 Å². The van der Waals surface area contributed by atoms with Crippen molar-refractivity contribution in [1.29, 1.82) is 0 Å². The second kappa shape index (κ2) is 7.21. The number of para-hydroxylation sites is 1. The molecule has 3 aromatic carbocycles. The summed E-state index contributed by atoms with van der Waals surface area (Å²) in [7, 11) is 2.15. The molecule has 0 spiro atoms. The van der Waals surface area contributed by atoms with Crippen molar-refractivity contribution in [2.75, 3.05) is 11.9 Å². The highest BCUT2D eigenvalue weighted by Crippen LogP contribution is 2.44. The van der Waals surface area contributed by atoms with Gasteiger partial charge in [0.25, 0.3) is 0 Å². The number of benzene rings is 3. The summed E-state index contributed by atoms with van der Waals surface area (Å²) in [6, 6.07) is 20.6. The molecule has 0 N–H and O–H groups in total. The van der Waals surface area contributed by atoms with Crippen LogP contribution in [-0.4, -0.2) is 7.05 Å². The number of anilines is 2. The minimum atomic E-state index is -0.130. The highest BCUT2D eigenvalue weighted by Gasteiger charge is 2.21. The minimum Gasteiger partial charge on any atom is -0.343 e. The standard InChI is InChI=1S/C25H24FNS/c1-27(22-15-6-5-11-18(22)17-9-3-2-4-10-17)23-16-8-13-20-19-12-7-14-21(26)24(19)28-25(20)23/h5-8,11-17H,2-4,9-10H2,1H3. The number of hydrogen-bond acceptors (Lipinski definition) is 2. The van der Waals surface area contributed by atoms with E-state index in [4.69, 9.17) is 0 Å². The van der Waals surface area contributed by atoms with Crippen molar-refractivity contribution in [2.24, 2.45) is 0 Å². The Morgan fingerprint density at radius 3 is 2.29 bits per heavy atom. The van der Waals surface area contributed by atoms with E-state index in [1.807, 2.05) is 6.07 Å². The Balaban J connectivity index is 1.65. The zero-order valence-corrected chi connectivity index (χ0v) is 16.9. The molecular formula is C25H24FNS. The Kier molecular flexibility index (Phi) is 4.56. The molecule has 1 aliphatic rings. The van der Waals surface area contributed by atoms with Gasteiger partial charge in [0.1, 0.15) is 5.82 Å². The van der Waals surface area contributed by atoms with E-state index in [0.29, 0.717) is 5.92 Å². The van der Waals surface area contributed by atoms with E-state index in [9.17, 15) is 4.39 Å². The van der Waals surface area contributed by atoms with Gasteiger partial charge in [0.05, 0.1) is 15.1 Å². The predicted molar refractivity (Wildman–Crippen MR) is 120 cm³/mol. The quantitative estimate of drug-likeness (QED) is 0.343. The van der Waals surface area contributed by atoms with Crippen molar-refractivity contribution >= 4 is 42.9 Å². The molecular weight excluding hydrogens is 365 g/mol. The molecule has 0 aliphatic heterocycles. The van der Waals surface area contributed by atoms with Gasteiger partial charge in [-0.15, -0.1) is 11.3 Å². The van der Waals surface area contributed by atoms with Crippen LogP contribution in [-0.2, 0) is 0 Å². The van der Waals surface area contributed by atoms with Crippen molar-refractivity contribution < 1.29 is 4.39 Å². The first-order valence-corrected chi connectivity index (χ1v) is 11.0. The normalized spacial score (nSPS) is 15.4. The number of nitrogens with zero attached hydrogens (tertiary/aromatic N) is 1. The highest BCUT2D eigenvalue weighted by molar-refractivity contribution is 7.26. The summed E-state index contributed by atoms with van der Waals surface area (Å²) < 4.78 is 16.3. The van der Waals surface area contributed by atoms with Gasteiger partial charge in [-0.1, -0.05) is 61.7 Å². The summed E-state index contributed by atoms with van der Waals surface area (Å²) in [5, 5.41) is 2.15. The van der Waals surface area contributed by atoms with Gasteiger partial charge in [-0.25, -0.2) is 4.39 Å². The van der Waals surface area contributed by atoms with Crippen LogP contribution in [0, 0.1) is 5.82 Å². The minimum absolute atomic E-state index is 0.130. The molecule has 5 rings (SSSR count). The zero-order chi connectivity index (χ0) is 19.1. The van der Waals surface area contributed by atoms with Crippen LogP contribution in [0.15, 0.2) is 60.7 Å². The Bertz CT molecular complexity index is 1140. The molecule has 0 amide bonds. The van der Waals surface area contributed by atoms with Crippen molar-refractivity contribution in [2.45, 2.75) is 38.0 Å². The van der Waals surface area contributed by atoms with Crippen LogP contribution in [0.25, 0.3) is 20.2 Å². The smallest absolute Gasteiger partial charge is 0.141 e. The number of hydrogen-bond donors (Lipinski definition) is 0. The number of thiophene rings is 1. The molecule has 1 heterocycles. The van der Waals surface area contributed by atoms with Gasteiger partial charge in [0, 0.05) is 23.5 Å². The lowest BCUT2D eigenvalue weighted by Gasteiger charge is -2.29. The second-order valence-corrected chi connectivity index (χ2v) is 8.85. The van der Waals surface area contributed by atoms with Crippen LogP contribution in [0.1, 0.15) is 43.6 Å². The summed E-state index contributed by atoms with van der Waals surface area (Å²) in [6.07, 6.45) is 6.58. The largest absolute Gasteiger partial charge is 0.343 e. The van der Waals surface area contributed by atoms with Crippen LogP contribution >= 0.6 is 11.3 Å². The fourth-order valence-corrected chi connectivity index (χ4v) is 5.97. The van der Waals surface area contributed by atoms with Crippen LogP contribution in [0.3, 0.4) is 0 Å². The summed E-state index contributed by atoms with van der Waals surface area (Å²) in [5.74, 6) is 0.515. The third kappa shape index (κ3) is 2.89. The lowest BCUT2D eigenvalue weighted by Crippen LogP contribution is -2.14. The van der Waals surface area contributed by atoms with Crippen LogP contribution in [0.5, 0.6) is 0 Å². The third-order valence-electron chi connectivity index (χ3n) is 6.16. The summed E-state index contributed by atoms with van der Waals surface area (Å²) >= 11 is 1.56. The molecule has 0 radical (unpaired) electrons. The number of rotatable bonds is 3. The van der Waals surface area contributed by atoms with Crippen molar-refractivity contribution in [3.63, 3.8) is 0 Å². The summed E-state index contributed by atoms with van der Waals surface area (Å²) in [6.45, 7) is 0. The average molecular weight is 390 g/mol. The maximum atomic E-state index is 14.4. The molecule has 0 saturated heterocycles. The number of fused-ring (bicyclic) bond motifs is 3. The maximum absolute atomic E-state index is 14.4. The number of halogens is 1. The molecule has 0 bridgehead atoms. The van der Waals surface area contributed by atoms with Crippen molar-refractivity contribution in [3.05, 3.63) is 72.0 Å². The van der Waals surface area contributed by atoms with Gasteiger partial charge in [-0.05, 0) is 42.5 Å². The van der Waals surface area contributed by atoms with Crippen LogP contribution < -0.4 is 4.90 Å². The summed E-state index contributed by atoms with van der Waals surface area (Å²) in [5.41, 5.74) is 3.88. The molecule has 1 nitrogen and oxygen atoms in total. The van der Waals surface area contributed by atoms with E-state index in [1.54, 1.807) is 23.5 Å². The average Bonchev–Trinajstić information content (AvgIpc) is 3.14. The van der Waals surface area contributed by atoms with Gasteiger partial charge in [-0.2, -0.15) is 0 Å². The van der Waals surface area contributed by atoms with Crippen molar-refractivity contribution in [3.8, 4) is 0 Å². The van der Waals surface area contributed by atoms with Crippen LogP contribution in [0.4, 0.5) is 15.8 Å². The Morgan fingerprint density at radius 2 is 1.46 bits per heavy atom. The van der Waals surface area contributed by atoms with Crippen molar-refractivity contribution in [1.82, 2.24) is 0 Å². The molecule has 1 aromatic heterocycles. The Hall–Kier alpha value is -2.39. The lowest BCUT2D eigenvalue weighted by molar-refractivity contribution is 0.444. The molecule has 1 saturated carbocycles. The van der Waals surface area contributed by atoms with Gasteiger partial charge in [-0.3, -0.25) is 0 Å². The molecule has 0 atom stereocenters. The zero-order valence-electron chi connectivity index (χ0n) is 16.1. The van der Waals surface area contributed by atoms with Gasteiger partial charge in [0.15, 0.2) is 0 Å². The van der Waals surface area contributed by atoms with Crippen LogP contribution in [0.2, 0.25) is 0 Å². The first-order chi connectivity index (χ1) is 13.7. The SMILES string of the molecule is CN(c1ccccc1C1CCCCC1)c1cccc2c1sc1c(F)cccc12. The van der Waals surface area contributed by atoms with E-state index in [1.165, 1.54) is 43.4 Å². The molecule has 3 heteroatoms. The molecule has 1 fully saturated rings. The van der Waals surface area contributed by atoms with Gasteiger partial charge in [0.2, 0.25) is 0 Å². The van der Waals surface area contributed by atoms with Gasteiger partial charge >= 0.3 is 0 Å². The lowest BCUT2D eigenvalue weighted by atomic mass is 9.83. The van der Waals surface area contributed by atoms with E-state index >= 15 is 0 Å². The maximum Gasteiger partial charge on any atom is 0.141 e. The Morgan fingerprint density at radius 1 is 0.786 bits per heavy atom. The van der Waals surface area contributed by atoms with E-state index < -0.39 is 0 Å². The van der Waals surface area contributed by atoms with E-state index in [0.717, 1.165) is 25.9 Å². The topological polar surface area (TPSA) is 3.24 Å². The molecule has 0 unspecified atom stereocenters. The predicted octanol–water partition coefficient (Wildman–Crippen LogP) is 8.01. The molecule has 28 heavy (non-hydrogen) atoms.